The predicted octanol–water partition coefficient (Wildman–Crippen LogP) is 1.63. The fraction of sp³-hybridized carbons (Fsp3) is 0.400. The third-order valence-electron chi connectivity index (χ3n) is 2.69. The fourth-order valence-corrected chi connectivity index (χ4v) is 2.27. The topological polar surface area (TPSA) is 66.6 Å². The molecular weight excluding hydrogens is 323 g/mol. The summed E-state index contributed by atoms with van der Waals surface area (Å²) in [6.45, 7) is 1.53. The normalized spacial score (nSPS) is 16.0. The first kappa shape index (κ1) is 11.6. The van der Waals surface area contributed by atoms with Gasteiger partial charge in [-0.05, 0) is 34.7 Å². The maximum absolute atomic E-state index is 10.9. The van der Waals surface area contributed by atoms with Crippen molar-refractivity contribution in [3.63, 3.8) is 0 Å². The molecule has 16 heavy (non-hydrogen) atoms. The summed E-state index contributed by atoms with van der Waals surface area (Å²) in [5, 5.41) is 19.8. The van der Waals surface area contributed by atoms with Crippen molar-refractivity contribution >= 4 is 34.0 Å². The van der Waals surface area contributed by atoms with Crippen LogP contribution in [0.1, 0.15) is 0 Å². The summed E-state index contributed by atoms with van der Waals surface area (Å²) in [6.07, 6.45) is 0. The summed E-state index contributed by atoms with van der Waals surface area (Å²) in [5.74, 6) is 0.249. The van der Waals surface area contributed by atoms with Crippen molar-refractivity contribution in [1.82, 2.24) is 0 Å². The summed E-state index contributed by atoms with van der Waals surface area (Å²) in [5.41, 5.74) is 0.790. The van der Waals surface area contributed by atoms with E-state index in [-0.39, 0.29) is 23.1 Å². The highest BCUT2D eigenvalue weighted by atomic mass is 127. The Kier molecular flexibility index (Phi) is 3.29. The van der Waals surface area contributed by atoms with Crippen molar-refractivity contribution in [3.05, 3.63) is 31.9 Å². The van der Waals surface area contributed by atoms with Gasteiger partial charge in [-0.2, -0.15) is 0 Å². The van der Waals surface area contributed by atoms with Crippen LogP contribution < -0.4 is 4.90 Å². The smallest absolute Gasteiger partial charge is 0.293 e. The zero-order valence-electron chi connectivity index (χ0n) is 8.47. The van der Waals surface area contributed by atoms with Crippen LogP contribution in [0.4, 0.5) is 11.4 Å². The Balaban J connectivity index is 2.24. The maximum Gasteiger partial charge on any atom is 0.293 e. The summed E-state index contributed by atoms with van der Waals surface area (Å²) in [4.78, 5) is 12.5. The zero-order chi connectivity index (χ0) is 11.7. The molecule has 0 bridgehead atoms. The first-order chi connectivity index (χ1) is 7.61. The van der Waals surface area contributed by atoms with Gasteiger partial charge in [-0.3, -0.25) is 10.1 Å². The second-order valence-electron chi connectivity index (χ2n) is 3.84. The van der Waals surface area contributed by atoms with Crippen LogP contribution in [0, 0.1) is 19.6 Å². The number of nitrogens with zero attached hydrogens (tertiary/aromatic N) is 2. The number of benzene rings is 1. The Morgan fingerprint density at radius 1 is 1.56 bits per heavy atom. The van der Waals surface area contributed by atoms with Crippen molar-refractivity contribution in [2.75, 3.05) is 24.6 Å². The van der Waals surface area contributed by atoms with Gasteiger partial charge < -0.3 is 10.0 Å². The van der Waals surface area contributed by atoms with Crippen LogP contribution in [0.5, 0.6) is 0 Å². The van der Waals surface area contributed by atoms with Crippen LogP contribution in [0.25, 0.3) is 0 Å². The zero-order valence-corrected chi connectivity index (χ0v) is 10.6. The van der Waals surface area contributed by atoms with Gasteiger partial charge in [0.2, 0.25) is 0 Å². The highest BCUT2D eigenvalue weighted by Gasteiger charge is 2.30. The molecule has 86 valence electrons. The van der Waals surface area contributed by atoms with Crippen LogP contribution in [-0.4, -0.2) is 29.7 Å². The third-order valence-corrected chi connectivity index (χ3v) is 3.36. The van der Waals surface area contributed by atoms with Crippen LogP contribution in [0.3, 0.4) is 0 Å². The van der Waals surface area contributed by atoms with E-state index in [0.29, 0.717) is 18.8 Å². The number of hydrogen-bond donors (Lipinski definition) is 1. The van der Waals surface area contributed by atoms with Gasteiger partial charge in [-0.1, -0.05) is 0 Å². The lowest BCUT2D eigenvalue weighted by Gasteiger charge is -2.39. The minimum Gasteiger partial charge on any atom is -0.396 e. The largest absolute Gasteiger partial charge is 0.396 e. The van der Waals surface area contributed by atoms with Crippen molar-refractivity contribution in [2.24, 2.45) is 5.92 Å². The molecule has 2 rings (SSSR count). The van der Waals surface area contributed by atoms with Crippen molar-refractivity contribution < 1.29 is 10.0 Å². The predicted molar refractivity (Wildman–Crippen MR) is 68.6 cm³/mol. The molecule has 1 aliphatic rings. The van der Waals surface area contributed by atoms with Gasteiger partial charge in [0.05, 0.1) is 4.92 Å². The first-order valence-electron chi connectivity index (χ1n) is 4.91. The highest BCUT2D eigenvalue weighted by molar-refractivity contribution is 14.1. The maximum atomic E-state index is 10.9. The Morgan fingerprint density at radius 3 is 2.81 bits per heavy atom. The monoisotopic (exact) mass is 334 g/mol. The lowest BCUT2D eigenvalue weighted by Crippen LogP contribution is -2.48. The molecule has 0 saturated carbocycles. The Bertz CT molecular complexity index is 419. The van der Waals surface area contributed by atoms with E-state index in [4.69, 9.17) is 5.11 Å². The summed E-state index contributed by atoms with van der Waals surface area (Å²) >= 11 is 2.06. The number of halogens is 1. The number of nitro benzene ring substituents is 1. The molecule has 5 nitrogen and oxygen atoms in total. The Hall–Kier alpha value is -0.890. The third kappa shape index (κ3) is 2.12. The summed E-state index contributed by atoms with van der Waals surface area (Å²) in [7, 11) is 0. The van der Waals surface area contributed by atoms with Crippen molar-refractivity contribution in [3.8, 4) is 0 Å². The lowest BCUT2D eigenvalue weighted by molar-refractivity contribution is -0.384. The van der Waals surface area contributed by atoms with Gasteiger partial charge in [0.15, 0.2) is 0 Å². The molecular formula is C10H11IN2O3. The molecule has 0 unspecified atom stereocenters. The van der Waals surface area contributed by atoms with Crippen molar-refractivity contribution in [2.45, 2.75) is 0 Å². The molecule has 1 aliphatic heterocycles. The molecule has 1 heterocycles. The number of anilines is 1. The number of hydrogen-bond acceptors (Lipinski definition) is 4. The van der Waals surface area contributed by atoms with E-state index in [1.807, 2.05) is 11.0 Å². The minimum absolute atomic E-state index is 0.142. The summed E-state index contributed by atoms with van der Waals surface area (Å²) < 4.78 is 0.854. The SMILES string of the molecule is O=[N+]([O-])c1cc(I)ccc1N1CC(CO)C1. The van der Waals surface area contributed by atoms with Gasteiger partial charge in [0.1, 0.15) is 5.69 Å². The number of aliphatic hydroxyl groups excluding tert-OH is 1. The molecule has 1 fully saturated rings. The molecule has 0 atom stereocenters. The second-order valence-corrected chi connectivity index (χ2v) is 5.09. The average molecular weight is 334 g/mol. The second kappa shape index (κ2) is 4.54. The van der Waals surface area contributed by atoms with Gasteiger partial charge in [-0.25, -0.2) is 0 Å². The number of nitro groups is 1. The highest BCUT2D eigenvalue weighted by Crippen LogP contribution is 2.33. The standard InChI is InChI=1S/C10H11IN2O3/c11-8-1-2-9(10(3-8)13(15)16)12-4-7(5-12)6-14/h1-3,7,14H,4-6H2. The van der Waals surface area contributed by atoms with E-state index in [1.54, 1.807) is 12.1 Å². The minimum atomic E-state index is -0.357. The Morgan fingerprint density at radius 2 is 2.25 bits per heavy atom. The molecule has 6 heteroatoms. The number of aliphatic hydroxyl groups is 1. The quantitative estimate of drug-likeness (QED) is 0.518. The molecule has 0 aromatic heterocycles. The van der Waals surface area contributed by atoms with E-state index < -0.39 is 0 Å². The molecule has 0 amide bonds. The van der Waals surface area contributed by atoms with Crippen molar-refractivity contribution in [1.29, 1.82) is 0 Å². The average Bonchev–Trinajstić information content (AvgIpc) is 2.18. The van der Waals surface area contributed by atoms with Gasteiger partial charge in [0.25, 0.3) is 5.69 Å². The Labute approximate surface area is 106 Å². The molecule has 0 radical (unpaired) electrons. The first-order valence-corrected chi connectivity index (χ1v) is 5.99. The van der Waals surface area contributed by atoms with Crippen LogP contribution in [0.15, 0.2) is 18.2 Å². The van der Waals surface area contributed by atoms with Gasteiger partial charge >= 0.3 is 0 Å². The van der Waals surface area contributed by atoms with E-state index in [1.165, 1.54) is 0 Å². The van der Waals surface area contributed by atoms with E-state index in [9.17, 15) is 10.1 Å². The van der Waals surface area contributed by atoms with Crippen LogP contribution >= 0.6 is 22.6 Å². The van der Waals surface area contributed by atoms with E-state index in [0.717, 1.165) is 3.57 Å². The fourth-order valence-electron chi connectivity index (χ4n) is 1.79. The summed E-state index contributed by atoms with van der Waals surface area (Å²) in [6, 6.07) is 5.20. The van der Waals surface area contributed by atoms with Crippen LogP contribution in [-0.2, 0) is 0 Å². The molecule has 1 aromatic rings. The van der Waals surface area contributed by atoms with Gasteiger partial charge in [-0.15, -0.1) is 0 Å². The molecule has 0 spiro atoms. The molecule has 1 aromatic carbocycles. The van der Waals surface area contributed by atoms with Crippen LogP contribution in [0.2, 0.25) is 0 Å². The number of rotatable bonds is 3. The van der Waals surface area contributed by atoms with Gasteiger partial charge in [0, 0.05) is 35.3 Å². The lowest BCUT2D eigenvalue weighted by atomic mass is 10.00. The van der Waals surface area contributed by atoms with E-state index in [2.05, 4.69) is 22.6 Å². The molecule has 1 saturated heterocycles. The molecule has 1 N–H and O–H groups in total. The van der Waals surface area contributed by atoms with E-state index >= 15 is 0 Å². The molecule has 0 aliphatic carbocycles.